The van der Waals surface area contributed by atoms with Crippen LogP contribution in [0, 0.1) is 0 Å². The number of aryl methyl sites for hydroxylation is 1. The zero-order valence-corrected chi connectivity index (χ0v) is 17.9. The number of carbonyl (C=O) groups excluding carboxylic acids is 1. The second kappa shape index (κ2) is 10.1. The van der Waals surface area contributed by atoms with Crippen molar-refractivity contribution in [2.24, 2.45) is 0 Å². The van der Waals surface area contributed by atoms with E-state index < -0.39 is 0 Å². The fourth-order valence-electron chi connectivity index (χ4n) is 2.99. The van der Waals surface area contributed by atoms with E-state index in [1.807, 2.05) is 53.1 Å². The lowest BCUT2D eigenvalue weighted by Gasteiger charge is -2.09. The maximum atomic E-state index is 12.3. The van der Waals surface area contributed by atoms with E-state index in [9.17, 15) is 4.79 Å². The molecule has 3 rings (SSSR count). The van der Waals surface area contributed by atoms with Crippen LogP contribution in [0.4, 0.5) is 11.4 Å². The molecule has 0 aliphatic rings. The first-order valence-electron chi connectivity index (χ1n) is 9.93. The topological polar surface area (TPSA) is 71.8 Å². The molecule has 0 aliphatic heterocycles. The molecule has 0 radical (unpaired) electrons. The van der Waals surface area contributed by atoms with E-state index in [-0.39, 0.29) is 11.7 Å². The Hall–Kier alpha value is -2.80. The number of anilines is 2. The fourth-order valence-corrected chi connectivity index (χ4v) is 3.79. The van der Waals surface area contributed by atoms with Crippen LogP contribution in [0.25, 0.3) is 11.4 Å². The van der Waals surface area contributed by atoms with Crippen molar-refractivity contribution < 1.29 is 4.79 Å². The van der Waals surface area contributed by atoms with E-state index in [1.54, 1.807) is 0 Å². The molecule has 7 heteroatoms. The molecule has 29 heavy (non-hydrogen) atoms. The first-order chi connectivity index (χ1) is 14.1. The number of amides is 1. The molecule has 0 spiro atoms. The summed E-state index contributed by atoms with van der Waals surface area (Å²) in [5, 5.41) is 15.6. The average molecular weight is 410 g/mol. The molecule has 0 unspecified atom stereocenters. The van der Waals surface area contributed by atoms with Crippen LogP contribution < -0.4 is 10.6 Å². The second-order valence-corrected chi connectivity index (χ2v) is 7.49. The minimum Gasteiger partial charge on any atom is -0.385 e. The Balaban J connectivity index is 1.64. The standard InChI is InChI=1S/C22H27N5OS/c1-4-16-7-11-19(12-8-16)24-20(28)15-29-22-26-25-21(27(22)6-3)17-9-13-18(14-10-17)23-5-2/h7-14,23H,4-6,15H2,1-3H3,(H,24,28). The first-order valence-corrected chi connectivity index (χ1v) is 10.9. The van der Waals surface area contributed by atoms with Crippen LogP contribution in [-0.4, -0.2) is 33.0 Å². The maximum Gasteiger partial charge on any atom is 0.234 e. The number of aromatic nitrogens is 3. The molecule has 152 valence electrons. The van der Waals surface area contributed by atoms with Gasteiger partial charge in [0.25, 0.3) is 0 Å². The van der Waals surface area contributed by atoms with Gasteiger partial charge in [-0.3, -0.25) is 4.79 Å². The predicted molar refractivity (Wildman–Crippen MR) is 120 cm³/mol. The van der Waals surface area contributed by atoms with Gasteiger partial charge in [-0.1, -0.05) is 30.8 Å². The normalized spacial score (nSPS) is 10.7. The Morgan fingerprint density at radius 2 is 1.66 bits per heavy atom. The van der Waals surface area contributed by atoms with E-state index in [0.29, 0.717) is 0 Å². The smallest absolute Gasteiger partial charge is 0.234 e. The van der Waals surface area contributed by atoms with Crippen molar-refractivity contribution in [3.8, 4) is 11.4 Å². The largest absolute Gasteiger partial charge is 0.385 e. The molecule has 0 saturated carbocycles. The summed E-state index contributed by atoms with van der Waals surface area (Å²) < 4.78 is 2.04. The van der Waals surface area contributed by atoms with E-state index in [0.717, 1.165) is 47.4 Å². The highest BCUT2D eigenvalue weighted by atomic mass is 32.2. The lowest BCUT2D eigenvalue weighted by Crippen LogP contribution is -2.14. The third-order valence-electron chi connectivity index (χ3n) is 4.54. The summed E-state index contributed by atoms with van der Waals surface area (Å²) in [6.45, 7) is 7.86. The second-order valence-electron chi connectivity index (χ2n) is 6.55. The molecular weight excluding hydrogens is 382 g/mol. The zero-order chi connectivity index (χ0) is 20.6. The molecule has 0 bridgehead atoms. The molecule has 0 fully saturated rings. The van der Waals surface area contributed by atoms with E-state index in [2.05, 4.69) is 41.6 Å². The lowest BCUT2D eigenvalue weighted by atomic mass is 10.1. The highest BCUT2D eigenvalue weighted by Crippen LogP contribution is 2.25. The van der Waals surface area contributed by atoms with E-state index >= 15 is 0 Å². The number of hydrogen-bond donors (Lipinski definition) is 2. The molecule has 1 heterocycles. The number of thioether (sulfide) groups is 1. The van der Waals surface area contributed by atoms with Crippen molar-refractivity contribution in [1.82, 2.24) is 14.8 Å². The summed E-state index contributed by atoms with van der Waals surface area (Å²) in [6.07, 6.45) is 0.983. The highest BCUT2D eigenvalue weighted by molar-refractivity contribution is 7.99. The van der Waals surface area contributed by atoms with Gasteiger partial charge in [0.1, 0.15) is 0 Å². The van der Waals surface area contributed by atoms with Gasteiger partial charge < -0.3 is 15.2 Å². The molecule has 0 atom stereocenters. The van der Waals surface area contributed by atoms with Crippen LogP contribution in [0.2, 0.25) is 0 Å². The van der Waals surface area contributed by atoms with Crippen LogP contribution in [0.3, 0.4) is 0 Å². The van der Waals surface area contributed by atoms with Crippen molar-refractivity contribution in [3.63, 3.8) is 0 Å². The number of hydrogen-bond acceptors (Lipinski definition) is 5. The Labute approximate surface area is 176 Å². The maximum absolute atomic E-state index is 12.3. The molecule has 3 aromatic rings. The molecule has 1 amide bonds. The number of carbonyl (C=O) groups is 1. The Morgan fingerprint density at radius 1 is 0.966 bits per heavy atom. The van der Waals surface area contributed by atoms with Gasteiger partial charge in [0.15, 0.2) is 11.0 Å². The summed E-state index contributed by atoms with van der Waals surface area (Å²) >= 11 is 1.40. The van der Waals surface area contributed by atoms with Crippen molar-refractivity contribution in [2.75, 3.05) is 22.9 Å². The number of nitrogens with one attached hydrogen (secondary N) is 2. The van der Waals surface area contributed by atoms with Crippen LogP contribution in [0.1, 0.15) is 26.3 Å². The summed E-state index contributed by atoms with van der Waals surface area (Å²) in [5.74, 6) is 1.04. The minimum absolute atomic E-state index is 0.0542. The molecule has 1 aromatic heterocycles. The number of nitrogens with zero attached hydrogens (tertiary/aromatic N) is 3. The van der Waals surface area contributed by atoms with Gasteiger partial charge in [-0.05, 0) is 62.2 Å². The SMILES string of the molecule is CCNc1ccc(-c2nnc(SCC(=O)Nc3ccc(CC)cc3)n2CC)cc1. The van der Waals surface area contributed by atoms with Crippen molar-refractivity contribution >= 4 is 29.0 Å². The van der Waals surface area contributed by atoms with Gasteiger partial charge in [-0.25, -0.2) is 0 Å². The average Bonchev–Trinajstić information content (AvgIpc) is 3.16. The molecule has 6 nitrogen and oxygen atoms in total. The molecule has 0 saturated heterocycles. The van der Waals surface area contributed by atoms with Crippen LogP contribution in [-0.2, 0) is 17.8 Å². The number of benzene rings is 2. The first kappa shape index (κ1) is 20.9. The minimum atomic E-state index is -0.0542. The third-order valence-corrected chi connectivity index (χ3v) is 5.50. The quantitative estimate of drug-likeness (QED) is 0.502. The van der Waals surface area contributed by atoms with Gasteiger partial charge in [0, 0.05) is 30.0 Å². The van der Waals surface area contributed by atoms with Gasteiger partial charge >= 0.3 is 0 Å². The monoisotopic (exact) mass is 409 g/mol. The summed E-state index contributed by atoms with van der Waals surface area (Å²) in [6, 6.07) is 16.1. The van der Waals surface area contributed by atoms with Gasteiger partial charge in [-0.15, -0.1) is 10.2 Å². The number of rotatable bonds is 9. The van der Waals surface area contributed by atoms with Gasteiger partial charge in [-0.2, -0.15) is 0 Å². The van der Waals surface area contributed by atoms with Gasteiger partial charge in [0.05, 0.1) is 5.75 Å². The third kappa shape index (κ3) is 5.38. The van der Waals surface area contributed by atoms with Crippen LogP contribution in [0.5, 0.6) is 0 Å². The van der Waals surface area contributed by atoms with E-state index in [1.165, 1.54) is 17.3 Å². The Kier molecular flexibility index (Phi) is 7.30. The summed E-state index contributed by atoms with van der Waals surface area (Å²) in [7, 11) is 0. The molecule has 2 N–H and O–H groups in total. The van der Waals surface area contributed by atoms with Crippen LogP contribution in [0.15, 0.2) is 53.7 Å². The highest BCUT2D eigenvalue weighted by Gasteiger charge is 2.14. The predicted octanol–water partition coefficient (Wildman–Crippen LogP) is 4.69. The van der Waals surface area contributed by atoms with Crippen molar-refractivity contribution in [3.05, 3.63) is 54.1 Å². The van der Waals surface area contributed by atoms with E-state index in [4.69, 9.17) is 0 Å². The molecule has 2 aromatic carbocycles. The lowest BCUT2D eigenvalue weighted by molar-refractivity contribution is -0.113. The van der Waals surface area contributed by atoms with Crippen molar-refractivity contribution in [1.29, 1.82) is 0 Å². The Morgan fingerprint density at radius 3 is 2.28 bits per heavy atom. The van der Waals surface area contributed by atoms with Gasteiger partial charge in [0.2, 0.25) is 5.91 Å². The van der Waals surface area contributed by atoms with Crippen molar-refractivity contribution in [2.45, 2.75) is 38.9 Å². The molecular formula is C22H27N5OS. The summed E-state index contributed by atoms with van der Waals surface area (Å²) in [4.78, 5) is 12.3. The zero-order valence-electron chi connectivity index (χ0n) is 17.1. The summed E-state index contributed by atoms with van der Waals surface area (Å²) in [5.41, 5.74) is 4.15. The fraction of sp³-hybridized carbons (Fsp3) is 0.318. The molecule has 0 aliphatic carbocycles. The van der Waals surface area contributed by atoms with Crippen LogP contribution >= 0.6 is 11.8 Å². The Bertz CT molecular complexity index is 935.